The van der Waals surface area contributed by atoms with Crippen LogP contribution in [0.5, 0.6) is 0 Å². The highest BCUT2D eigenvalue weighted by atomic mass is 79.9. The predicted octanol–water partition coefficient (Wildman–Crippen LogP) is 4.87. The zero-order valence-corrected chi connectivity index (χ0v) is 12.7. The molecule has 0 aliphatic heterocycles. The lowest BCUT2D eigenvalue weighted by molar-refractivity contribution is -0.121. The zero-order chi connectivity index (χ0) is 13.1. The van der Waals surface area contributed by atoms with E-state index >= 15 is 0 Å². The first-order valence-corrected chi connectivity index (χ1v) is 7.49. The minimum atomic E-state index is 0.116. The van der Waals surface area contributed by atoms with Crippen molar-refractivity contribution in [3.8, 4) is 0 Å². The Morgan fingerprint density at radius 2 is 2.00 bits per heavy atom. The molecule has 1 saturated carbocycles. The second-order valence-corrected chi connectivity index (χ2v) is 6.36. The van der Waals surface area contributed by atoms with Crippen LogP contribution in [0.1, 0.15) is 32.6 Å². The Kier molecular flexibility index (Phi) is 4.68. The van der Waals surface area contributed by atoms with Crippen molar-refractivity contribution in [1.82, 2.24) is 0 Å². The summed E-state index contributed by atoms with van der Waals surface area (Å²) in [5.41, 5.74) is 0.756. The minimum absolute atomic E-state index is 0.116. The van der Waals surface area contributed by atoms with E-state index in [2.05, 4.69) is 28.2 Å². The largest absolute Gasteiger partial charge is 0.325 e. The average Bonchev–Trinajstić information content (AvgIpc) is 2.34. The lowest BCUT2D eigenvalue weighted by atomic mass is 9.82. The number of rotatable bonds is 2. The monoisotopic (exact) mass is 329 g/mol. The summed E-state index contributed by atoms with van der Waals surface area (Å²) in [5, 5.41) is 3.60. The van der Waals surface area contributed by atoms with Gasteiger partial charge in [0.2, 0.25) is 5.91 Å². The van der Waals surface area contributed by atoms with E-state index in [9.17, 15) is 4.79 Å². The van der Waals surface area contributed by atoms with Crippen molar-refractivity contribution in [2.45, 2.75) is 32.6 Å². The molecule has 1 fully saturated rings. The van der Waals surface area contributed by atoms with Crippen molar-refractivity contribution >= 4 is 39.1 Å². The first-order valence-electron chi connectivity index (χ1n) is 6.32. The maximum atomic E-state index is 12.2. The van der Waals surface area contributed by atoms with Gasteiger partial charge in [-0.3, -0.25) is 4.79 Å². The molecule has 98 valence electrons. The Morgan fingerprint density at radius 3 is 2.67 bits per heavy atom. The van der Waals surface area contributed by atoms with Crippen LogP contribution in [0.15, 0.2) is 22.7 Å². The summed E-state index contributed by atoms with van der Waals surface area (Å²) >= 11 is 9.35. The second-order valence-electron chi connectivity index (χ2n) is 5.07. The molecule has 0 unspecified atom stereocenters. The van der Waals surface area contributed by atoms with Gasteiger partial charge in [0.05, 0.1) is 5.69 Å². The van der Waals surface area contributed by atoms with Crippen LogP contribution in [0.4, 0.5) is 5.69 Å². The zero-order valence-electron chi connectivity index (χ0n) is 10.4. The third-order valence-corrected chi connectivity index (χ3v) is 4.50. The molecule has 2 rings (SSSR count). The Bertz CT molecular complexity index is 441. The molecule has 1 aliphatic carbocycles. The molecular formula is C14H17BrClNO. The quantitative estimate of drug-likeness (QED) is 0.823. The smallest absolute Gasteiger partial charge is 0.227 e. The van der Waals surface area contributed by atoms with Gasteiger partial charge in [-0.1, -0.05) is 18.5 Å². The molecule has 1 amide bonds. The molecule has 1 aliphatic rings. The van der Waals surface area contributed by atoms with Crippen LogP contribution >= 0.6 is 27.5 Å². The first-order chi connectivity index (χ1) is 8.56. The summed E-state index contributed by atoms with van der Waals surface area (Å²) in [7, 11) is 0. The Hall–Kier alpha value is -0.540. The number of anilines is 1. The van der Waals surface area contributed by atoms with Crippen LogP contribution in [-0.4, -0.2) is 5.91 Å². The number of carbonyl (C=O) groups is 1. The van der Waals surface area contributed by atoms with Gasteiger partial charge in [0, 0.05) is 15.4 Å². The maximum absolute atomic E-state index is 12.2. The number of halogens is 2. The van der Waals surface area contributed by atoms with Crippen LogP contribution < -0.4 is 5.32 Å². The van der Waals surface area contributed by atoms with Crippen molar-refractivity contribution < 1.29 is 4.79 Å². The molecule has 4 heteroatoms. The maximum Gasteiger partial charge on any atom is 0.227 e. The Balaban J connectivity index is 2.00. The van der Waals surface area contributed by atoms with E-state index in [1.54, 1.807) is 12.1 Å². The molecule has 0 bridgehead atoms. The summed E-state index contributed by atoms with van der Waals surface area (Å²) < 4.78 is 0.865. The highest BCUT2D eigenvalue weighted by Crippen LogP contribution is 2.31. The van der Waals surface area contributed by atoms with Crippen molar-refractivity contribution in [3.05, 3.63) is 27.7 Å². The van der Waals surface area contributed by atoms with Crippen molar-refractivity contribution in [1.29, 1.82) is 0 Å². The lowest BCUT2D eigenvalue weighted by Crippen LogP contribution is -2.26. The first kappa shape index (κ1) is 13.9. The molecule has 0 spiro atoms. The number of benzene rings is 1. The van der Waals surface area contributed by atoms with E-state index < -0.39 is 0 Å². The molecule has 0 radical (unpaired) electrons. The van der Waals surface area contributed by atoms with E-state index in [1.165, 1.54) is 0 Å². The molecule has 2 nitrogen and oxygen atoms in total. The normalized spacial score (nSPS) is 23.7. The molecule has 1 aromatic rings. The van der Waals surface area contributed by atoms with Gasteiger partial charge in [-0.25, -0.2) is 0 Å². The summed E-state index contributed by atoms with van der Waals surface area (Å²) in [6, 6.07) is 5.42. The van der Waals surface area contributed by atoms with Gasteiger partial charge in [0.1, 0.15) is 0 Å². The standard InChI is InChI=1S/C14H17BrClNO/c1-9-2-4-10(5-3-9)14(18)17-13-8-11(16)6-7-12(13)15/h6-10H,2-5H2,1H3,(H,17,18). The van der Waals surface area contributed by atoms with Gasteiger partial charge in [-0.2, -0.15) is 0 Å². The third kappa shape index (κ3) is 3.48. The van der Waals surface area contributed by atoms with Gasteiger partial charge in [0.15, 0.2) is 0 Å². The number of hydrogen-bond acceptors (Lipinski definition) is 1. The number of hydrogen-bond donors (Lipinski definition) is 1. The lowest BCUT2D eigenvalue weighted by Gasteiger charge is -2.25. The Morgan fingerprint density at radius 1 is 1.33 bits per heavy atom. The summed E-state index contributed by atoms with van der Waals surface area (Å²) in [4.78, 5) is 12.2. The van der Waals surface area contributed by atoms with Gasteiger partial charge < -0.3 is 5.32 Å². The van der Waals surface area contributed by atoms with Crippen molar-refractivity contribution in [3.63, 3.8) is 0 Å². The van der Waals surface area contributed by atoms with E-state index in [1.807, 2.05) is 6.07 Å². The van der Waals surface area contributed by atoms with Crippen LogP contribution in [0.2, 0.25) is 5.02 Å². The molecular weight excluding hydrogens is 314 g/mol. The van der Waals surface area contributed by atoms with Crippen molar-refractivity contribution in [2.24, 2.45) is 11.8 Å². The molecule has 0 atom stereocenters. The number of amides is 1. The highest BCUT2D eigenvalue weighted by Gasteiger charge is 2.24. The molecule has 0 aromatic heterocycles. The van der Waals surface area contributed by atoms with Crippen LogP contribution in [-0.2, 0) is 4.79 Å². The molecule has 1 aromatic carbocycles. The van der Waals surface area contributed by atoms with E-state index in [4.69, 9.17) is 11.6 Å². The molecule has 0 heterocycles. The molecule has 18 heavy (non-hydrogen) atoms. The van der Waals surface area contributed by atoms with Crippen LogP contribution in [0.3, 0.4) is 0 Å². The molecule has 0 saturated heterocycles. The van der Waals surface area contributed by atoms with Crippen LogP contribution in [0, 0.1) is 11.8 Å². The van der Waals surface area contributed by atoms with E-state index in [0.717, 1.165) is 41.8 Å². The SMILES string of the molecule is CC1CCC(C(=O)Nc2cc(Cl)ccc2Br)CC1. The summed E-state index contributed by atoms with van der Waals surface area (Å²) in [6.45, 7) is 2.25. The van der Waals surface area contributed by atoms with Crippen LogP contribution in [0.25, 0.3) is 0 Å². The van der Waals surface area contributed by atoms with E-state index in [-0.39, 0.29) is 11.8 Å². The fraction of sp³-hybridized carbons (Fsp3) is 0.500. The second kappa shape index (κ2) is 6.07. The fourth-order valence-electron chi connectivity index (χ4n) is 2.35. The highest BCUT2D eigenvalue weighted by molar-refractivity contribution is 9.10. The Labute approximate surface area is 121 Å². The number of nitrogens with one attached hydrogen (secondary N) is 1. The summed E-state index contributed by atoms with van der Waals surface area (Å²) in [6.07, 6.45) is 4.28. The van der Waals surface area contributed by atoms with Gasteiger partial charge in [-0.15, -0.1) is 0 Å². The van der Waals surface area contributed by atoms with Crippen molar-refractivity contribution in [2.75, 3.05) is 5.32 Å². The fourth-order valence-corrected chi connectivity index (χ4v) is 2.87. The third-order valence-electron chi connectivity index (χ3n) is 3.57. The van der Waals surface area contributed by atoms with E-state index in [0.29, 0.717) is 5.02 Å². The van der Waals surface area contributed by atoms with Gasteiger partial charge in [-0.05, 0) is 65.7 Å². The molecule has 1 N–H and O–H groups in total. The average molecular weight is 331 g/mol. The topological polar surface area (TPSA) is 29.1 Å². The number of carbonyl (C=O) groups excluding carboxylic acids is 1. The van der Waals surface area contributed by atoms with Gasteiger partial charge in [0.25, 0.3) is 0 Å². The minimum Gasteiger partial charge on any atom is -0.325 e. The predicted molar refractivity (Wildman–Crippen MR) is 78.9 cm³/mol. The van der Waals surface area contributed by atoms with Gasteiger partial charge >= 0.3 is 0 Å². The summed E-state index contributed by atoms with van der Waals surface area (Å²) in [5.74, 6) is 1.02.